The average Bonchev–Trinajstić information content (AvgIpc) is 2.16. The number of alkyl halides is 1. The van der Waals surface area contributed by atoms with Crippen LogP contribution in [0.1, 0.15) is 30.5 Å². The van der Waals surface area contributed by atoms with E-state index in [1.165, 1.54) is 16.7 Å². The second kappa shape index (κ2) is 6.29. The smallest absolute Gasteiger partial charge is 0.125 e. The molecule has 0 heterocycles. The minimum atomic E-state index is 0.570. The summed E-state index contributed by atoms with van der Waals surface area (Å²) in [5.41, 5.74) is 3.87. The van der Waals surface area contributed by atoms with Gasteiger partial charge < -0.3 is 4.74 Å². The molecule has 1 aromatic rings. The summed E-state index contributed by atoms with van der Waals surface area (Å²) in [6.45, 7) is 9.38. The van der Waals surface area contributed by atoms with Crippen LogP contribution in [0, 0.1) is 19.8 Å². The SMILES string of the molecule is Cc1cc(CCBr)cc(C)c1OCC(C)C. The number of halogens is 1. The van der Waals surface area contributed by atoms with E-state index in [1.54, 1.807) is 0 Å². The zero-order chi connectivity index (χ0) is 12.1. The van der Waals surface area contributed by atoms with Gasteiger partial charge in [0.1, 0.15) is 5.75 Å². The molecule has 0 atom stereocenters. The maximum atomic E-state index is 5.85. The van der Waals surface area contributed by atoms with Crippen molar-refractivity contribution in [2.45, 2.75) is 34.1 Å². The molecule has 0 saturated carbocycles. The topological polar surface area (TPSA) is 9.23 Å². The first-order valence-electron chi connectivity index (χ1n) is 5.83. The summed E-state index contributed by atoms with van der Waals surface area (Å²) in [4.78, 5) is 0. The Labute approximate surface area is 107 Å². The molecule has 0 amide bonds. The monoisotopic (exact) mass is 284 g/mol. The fraction of sp³-hybridized carbons (Fsp3) is 0.571. The van der Waals surface area contributed by atoms with Crippen molar-refractivity contribution in [3.8, 4) is 5.75 Å². The van der Waals surface area contributed by atoms with E-state index in [0.717, 1.165) is 24.1 Å². The van der Waals surface area contributed by atoms with E-state index in [9.17, 15) is 0 Å². The third kappa shape index (κ3) is 3.82. The number of benzene rings is 1. The number of hydrogen-bond acceptors (Lipinski definition) is 1. The highest BCUT2D eigenvalue weighted by Crippen LogP contribution is 2.25. The Morgan fingerprint density at radius 2 is 1.75 bits per heavy atom. The highest BCUT2D eigenvalue weighted by Gasteiger charge is 2.07. The molecule has 0 unspecified atom stereocenters. The first kappa shape index (κ1) is 13.6. The van der Waals surface area contributed by atoms with Crippen molar-refractivity contribution in [1.82, 2.24) is 0 Å². The summed E-state index contributed by atoms with van der Waals surface area (Å²) in [5, 5.41) is 1.01. The minimum absolute atomic E-state index is 0.570. The van der Waals surface area contributed by atoms with Crippen molar-refractivity contribution in [3.63, 3.8) is 0 Å². The maximum absolute atomic E-state index is 5.85. The van der Waals surface area contributed by atoms with Crippen LogP contribution in [0.25, 0.3) is 0 Å². The summed E-state index contributed by atoms with van der Waals surface area (Å²) < 4.78 is 5.85. The molecule has 0 aliphatic carbocycles. The Morgan fingerprint density at radius 3 is 2.19 bits per heavy atom. The summed E-state index contributed by atoms with van der Waals surface area (Å²) in [7, 11) is 0. The van der Waals surface area contributed by atoms with Crippen LogP contribution in [0.15, 0.2) is 12.1 Å². The molecule has 0 aliphatic heterocycles. The third-order valence-electron chi connectivity index (χ3n) is 2.46. The molecular weight excluding hydrogens is 264 g/mol. The summed E-state index contributed by atoms with van der Waals surface area (Å²) in [5.74, 6) is 1.63. The van der Waals surface area contributed by atoms with Gasteiger partial charge in [0.25, 0.3) is 0 Å². The van der Waals surface area contributed by atoms with E-state index in [1.807, 2.05) is 0 Å². The number of aryl methyl sites for hydroxylation is 3. The summed E-state index contributed by atoms with van der Waals surface area (Å²) in [6.07, 6.45) is 1.08. The van der Waals surface area contributed by atoms with E-state index in [4.69, 9.17) is 4.74 Å². The van der Waals surface area contributed by atoms with Crippen molar-refractivity contribution in [1.29, 1.82) is 0 Å². The van der Waals surface area contributed by atoms with Gasteiger partial charge in [-0.3, -0.25) is 0 Å². The van der Waals surface area contributed by atoms with Gasteiger partial charge in [-0.2, -0.15) is 0 Å². The van der Waals surface area contributed by atoms with E-state index < -0.39 is 0 Å². The Kier molecular flexibility index (Phi) is 5.33. The molecule has 0 bridgehead atoms. The van der Waals surface area contributed by atoms with Gasteiger partial charge in [0.15, 0.2) is 0 Å². The quantitative estimate of drug-likeness (QED) is 0.734. The van der Waals surface area contributed by atoms with Crippen molar-refractivity contribution in [2.75, 3.05) is 11.9 Å². The molecule has 0 fully saturated rings. The lowest BCUT2D eigenvalue weighted by Crippen LogP contribution is -2.07. The highest BCUT2D eigenvalue weighted by atomic mass is 79.9. The second-order valence-corrected chi connectivity index (χ2v) is 5.50. The minimum Gasteiger partial charge on any atom is -0.493 e. The van der Waals surface area contributed by atoms with Crippen LogP contribution in [0.5, 0.6) is 5.75 Å². The van der Waals surface area contributed by atoms with Gasteiger partial charge in [-0.25, -0.2) is 0 Å². The molecule has 0 radical (unpaired) electrons. The Balaban J connectivity index is 2.85. The van der Waals surface area contributed by atoms with Gasteiger partial charge in [-0.1, -0.05) is 41.9 Å². The molecule has 1 aromatic carbocycles. The van der Waals surface area contributed by atoms with Crippen LogP contribution < -0.4 is 4.74 Å². The number of hydrogen-bond donors (Lipinski definition) is 0. The van der Waals surface area contributed by atoms with Gasteiger partial charge in [0.05, 0.1) is 6.61 Å². The molecule has 0 aromatic heterocycles. The Hall–Kier alpha value is -0.500. The Bertz CT molecular complexity index is 322. The first-order valence-corrected chi connectivity index (χ1v) is 6.95. The molecule has 16 heavy (non-hydrogen) atoms. The van der Waals surface area contributed by atoms with Crippen molar-refractivity contribution in [2.24, 2.45) is 5.92 Å². The van der Waals surface area contributed by atoms with Gasteiger partial charge in [-0.15, -0.1) is 0 Å². The van der Waals surface area contributed by atoms with Crippen molar-refractivity contribution in [3.05, 3.63) is 28.8 Å². The summed E-state index contributed by atoms with van der Waals surface area (Å²) >= 11 is 3.47. The molecule has 2 heteroatoms. The van der Waals surface area contributed by atoms with Gasteiger partial charge in [-0.05, 0) is 42.9 Å². The lowest BCUT2D eigenvalue weighted by Gasteiger charge is -2.15. The molecule has 0 N–H and O–H groups in total. The fourth-order valence-corrected chi connectivity index (χ4v) is 2.23. The molecule has 1 rings (SSSR count). The van der Waals surface area contributed by atoms with Crippen LogP contribution in [-0.4, -0.2) is 11.9 Å². The molecule has 90 valence electrons. The van der Waals surface area contributed by atoms with Crippen molar-refractivity contribution >= 4 is 15.9 Å². The predicted molar refractivity (Wildman–Crippen MR) is 73.7 cm³/mol. The zero-order valence-electron chi connectivity index (χ0n) is 10.6. The number of rotatable bonds is 5. The predicted octanol–water partition coefficient (Wildman–Crippen LogP) is 4.28. The maximum Gasteiger partial charge on any atom is 0.125 e. The lowest BCUT2D eigenvalue weighted by atomic mass is 10.0. The van der Waals surface area contributed by atoms with Crippen LogP contribution in [0.3, 0.4) is 0 Å². The van der Waals surface area contributed by atoms with Crippen LogP contribution in [0.2, 0.25) is 0 Å². The standard InChI is InChI=1S/C14H21BrO/c1-10(2)9-16-14-11(3)7-13(5-6-15)8-12(14)4/h7-8,10H,5-6,9H2,1-4H3. The van der Waals surface area contributed by atoms with Crippen LogP contribution >= 0.6 is 15.9 Å². The average molecular weight is 285 g/mol. The molecular formula is C14H21BrO. The molecule has 0 aliphatic rings. The lowest BCUT2D eigenvalue weighted by molar-refractivity contribution is 0.267. The second-order valence-electron chi connectivity index (χ2n) is 4.70. The summed E-state index contributed by atoms with van der Waals surface area (Å²) in [6, 6.07) is 4.45. The molecule has 0 spiro atoms. The van der Waals surface area contributed by atoms with E-state index in [2.05, 4.69) is 55.8 Å². The van der Waals surface area contributed by atoms with E-state index in [0.29, 0.717) is 5.92 Å². The third-order valence-corrected chi connectivity index (χ3v) is 2.86. The van der Waals surface area contributed by atoms with Gasteiger partial charge >= 0.3 is 0 Å². The largest absolute Gasteiger partial charge is 0.493 e. The zero-order valence-corrected chi connectivity index (χ0v) is 12.2. The van der Waals surface area contributed by atoms with Gasteiger partial charge in [0, 0.05) is 5.33 Å². The van der Waals surface area contributed by atoms with Gasteiger partial charge in [0.2, 0.25) is 0 Å². The van der Waals surface area contributed by atoms with Crippen molar-refractivity contribution < 1.29 is 4.74 Å². The fourth-order valence-electron chi connectivity index (χ4n) is 1.77. The normalized spacial score (nSPS) is 10.9. The van der Waals surface area contributed by atoms with E-state index >= 15 is 0 Å². The molecule has 0 saturated heterocycles. The van der Waals surface area contributed by atoms with Crippen LogP contribution in [-0.2, 0) is 6.42 Å². The number of ether oxygens (including phenoxy) is 1. The first-order chi connectivity index (χ1) is 7.54. The Morgan fingerprint density at radius 1 is 1.19 bits per heavy atom. The molecule has 1 nitrogen and oxygen atoms in total. The van der Waals surface area contributed by atoms with Crippen LogP contribution in [0.4, 0.5) is 0 Å². The van der Waals surface area contributed by atoms with E-state index in [-0.39, 0.29) is 0 Å². The highest BCUT2D eigenvalue weighted by molar-refractivity contribution is 9.09.